The molecule has 0 radical (unpaired) electrons. The van der Waals surface area contributed by atoms with Crippen molar-refractivity contribution in [3.8, 4) is 0 Å². The van der Waals surface area contributed by atoms with Crippen molar-refractivity contribution in [3.63, 3.8) is 0 Å². The van der Waals surface area contributed by atoms with Crippen molar-refractivity contribution in [3.05, 3.63) is 18.2 Å². The van der Waals surface area contributed by atoms with Gasteiger partial charge in [0.15, 0.2) is 6.21 Å². The van der Waals surface area contributed by atoms with E-state index in [4.69, 9.17) is 5.21 Å². The minimum absolute atomic E-state index is 0. The summed E-state index contributed by atoms with van der Waals surface area (Å²) in [6.45, 7) is 2.01. The summed E-state index contributed by atoms with van der Waals surface area (Å²) >= 11 is 0. The van der Waals surface area contributed by atoms with Gasteiger partial charge >= 0.3 is 21.4 Å². The summed E-state index contributed by atoms with van der Waals surface area (Å²) < 4.78 is 62.9. The zero-order chi connectivity index (χ0) is 16.3. The number of aromatic nitrogens is 2. The molecular formula is C10H16ClF3N4O3S. The number of oxime groups is 1. The molecule has 0 spiro atoms. The van der Waals surface area contributed by atoms with E-state index in [1.54, 1.807) is 17.0 Å². The van der Waals surface area contributed by atoms with Crippen LogP contribution in [0.1, 0.15) is 12.7 Å². The molecule has 7 nitrogen and oxygen atoms in total. The summed E-state index contributed by atoms with van der Waals surface area (Å²) in [6, 6.07) is 0. The lowest BCUT2D eigenvalue weighted by molar-refractivity contribution is -0.696. The third-order valence-electron chi connectivity index (χ3n) is 2.89. The lowest BCUT2D eigenvalue weighted by Gasteiger charge is -2.17. The Morgan fingerprint density at radius 3 is 2.55 bits per heavy atom. The Balaban J connectivity index is 0.00000441. The molecule has 0 bridgehead atoms. The Bertz CT molecular complexity index is 615. The predicted octanol–water partition coefficient (Wildman–Crippen LogP) is -2.61. The maximum absolute atomic E-state index is 12.4. The van der Waals surface area contributed by atoms with Crippen molar-refractivity contribution in [1.29, 1.82) is 0 Å². The smallest absolute Gasteiger partial charge is 0.511 e. The molecule has 1 aromatic rings. The first-order valence-corrected chi connectivity index (χ1v) is 7.37. The number of hydrogen-bond acceptors (Lipinski definition) is 4. The average Bonchev–Trinajstić information content (AvgIpc) is 2.77. The summed E-state index contributed by atoms with van der Waals surface area (Å²) in [5.41, 5.74) is -5.32. The second-order valence-corrected chi connectivity index (χ2v) is 6.19. The van der Waals surface area contributed by atoms with Gasteiger partial charge < -0.3 is 17.6 Å². The molecular weight excluding hydrogens is 349 g/mol. The average molecular weight is 365 g/mol. The predicted molar refractivity (Wildman–Crippen MR) is 67.3 cm³/mol. The fourth-order valence-corrected chi connectivity index (χ4v) is 2.36. The van der Waals surface area contributed by atoms with Gasteiger partial charge in [0.05, 0.1) is 13.1 Å². The van der Waals surface area contributed by atoms with Gasteiger partial charge in [0, 0.05) is 7.05 Å². The van der Waals surface area contributed by atoms with E-state index in [2.05, 4.69) is 5.16 Å². The minimum atomic E-state index is -5.34. The fraction of sp³-hybridized carbons (Fsp3) is 0.600. The molecule has 0 aliphatic heterocycles. The monoisotopic (exact) mass is 364 g/mol. The first kappa shape index (κ1) is 20.7. The van der Waals surface area contributed by atoms with Crippen LogP contribution in [-0.4, -0.2) is 47.8 Å². The van der Waals surface area contributed by atoms with E-state index in [0.717, 1.165) is 13.3 Å². The Morgan fingerprint density at radius 2 is 2.09 bits per heavy atom. The van der Waals surface area contributed by atoms with Crippen LogP contribution in [0.2, 0.25) is 0 Å². The summed E-state index contributed by atoms with van der Waals surface area (Å²) in [4.78, 5) is 0. The number of alkyl halides is 3. The highest BCUT2D eigenvalue weighted by Gasteiger charge is 2.48. The highest BCUT2D eigenvalue weighted by molar-refractivity contribution is 7.89. The molecule has 128 valence electrons. The third kappa shape index (κ3) is 4.34. The molecule has 0 amide bonds. The molecule has 0 saturated carbocycles. The molecule has 0 fully saturated rings. The molecule has 0 aliphatic rings. The Labute approximate surface area is 132 Å². The molecule has 12 heteroatoms. The first-order valence-electron chi connectivity index (χ1n) is 5.93. The molecule has 0 aliphatic carbocycles. The third-order valence-corrected chi connectivity index (χ3v) is 4.48. The van der Waals surface area contributed by atoms with E-state index >= 15 is 0 Å². The van der Waals surface area contributed by atoms with Gasteiger partial charge in [-0.05, 0) is 6.92 Å². The van der Waals surface area contributed by atoms with E-state index < -0.39 is 15.5 Å². The van der Waals surface area contributed by atoms with Gasteiger partial charge in [-0.2, -0.15) is 17.5 Å². The second-order valence-electron chi connectivity index (χ2n) is 4.15. The summed E-state index contributed by atoms with van der Waals surface area (Å²) in [5.74, 6) is 0.442. The SMILES string of the molecule is CCn1cc[n+](CCN(C)S(=O)(=O)C(F)(F)F)c1/C=N/O.[Cl-]. The van der Waals surface area contributed by atoms with Gasteiger partial charge in [0.25, 0.3) is 0 Å². The largest absolute Gasteiger partial charge is 1.00 e. The van der Waals surface area contributed by atoms with Gasteiger partial charge in [-0.1, -0.05) is 5.16 Å². The quantitative estimate of drug-likeness (QED) is 0.260. The molecule has 0 aromatic carbocycles. The normalized spacial score (nSPS) is 12.8. The van der Waals surface area contributed by atoms with E-state index in [0.29, 0.717) is 12.4 Å². The molecule has 1 N–H and O–H groups in total. The highest BCUT2D eigenvalue weighted by Crippen LogP contribution is 2.25. The molecule has 1 heterocycles. The van der Waals surface area contributed by atoms with Crippen molar-refractivity contribution >= 4 is 16.2 Å². The number of likely N-dealkylation sites (N-methyl/N-ethyl adjacent to an activating group) is 1. The number of sulfonamides is 1. The zero-order valence-corrected chi connectivity index (χ0v) is 13.4. The summed E-state index contributed by atoms with van der Waals surface area (Å²) in [7, 11) is -4.48. The van der Waals surface area contributed by atoms with Crippen LogP contribution in [0.5, 0.6) is 0 Å². The number of hydrogen-bond donors (Lipinski definition) is 1. The zero-order valence-electron chi connectivity index (χ0n) is 11.8. The van der Waals surface area contributed by atoms with Crippen LogP contribution in [0.15, 0.2) is 17.5 Å². The Kier molecular flexibility index (Phi) is 7.32. The Morgan fingerprint density at radius 1 is 1.50 bits per heavy atom. The van der Waals surface area contributed by atoms with Crippen LogP contribution in [-0.2, 0) is 23.1 Å². The number of rotatable bonds is 6. The van der Waals surface area contributed by atoms with Crippen molar-refractivity contribution in [2.75, 3.05) is 13.6 Å². The van der Waals surface area contributed by atoms with Crippen molar-refractivity contribution in [1.82, 2.24) is 8.87 Å². The molecule has 0 atom stereocenters. The molecule has 0 saturated heterocycles. The molecule has 1 aromatic heterocycles. The van der Waals surface area contributed by atoms with E-state index in [1.165, 1.54) is 4.57 Å². The highest BCUT2D eigenvalue weighted by atomic mass is 35.5. The van der Waals surface area contributed by atoms with Gasteiger partial charge in [-0.15, -0.1) is 0 Å². The van der Waals surface area contributed by atoms with Gasteiger partial charge in [-0.3, -0.25) is 0 Å². The fourth-order valence-electron chi connectivity index (χ4n) is 1.68. The topological polar surface area (TPSA) is 78.8 Å². The maximum atomic E-state index is 12.4. The van der Waals surface area contributed by atoms with Crippen molar-refractivity contribution < 1.29 is 43.8 Å². The molecule has 1 rings (SSSR count). The number of halogens is 4. The lowest BCUT2D eigenvalue weighted by Crippen LogP contribution is -3.00. The molecule has 0 unspecified atom stereocenters. The number of imidazole rings is 1. The summed E-state index contributed by atoms with van der Waals surface area (Å²) in [5, 5.41) is 11.5. The van der Waals surface area contributed by atoms with Crippen molar-refractivity contribution in [2.45, 2.75) is 25.5 Å². The first-order chi connectivity index (χ1) is 9.65. The van der Waals surface area contributed by atoms with Crippen LogP contribution in [0.4, 0.5) is 13.2 Å². The standard InChI is InChI=1S/C10H15F3N4O3S.ClH/c1-3-16-6-7-17(9(16)8-14-18)5-4-15(2)21(19,20)10(11,12)13;/h6-8H,3-5H2,1-2H3;1H. The minimum Gasteiger partial charge on any atom is -1.00 e. The van der Waals surface area contributed by atoms with Crippen LogP contribution < -0.4 is 17.0 Å². The van der Waals surface area contributed by atoms with Crippen LogP contribution >= 0.6 is 0 Å². The second kappa shape index (κ2) is 7.79. The van der Waals surface area contributed by atoms with Crippen LogP contribution in [0, 0.1) is 0 Å². The maximum Gasteiger partial charge on any atom is 0.511 e. The van der Waals surface area contributed by atoms with Crippen LogP contribution in [0.3, 0.4) is 0 Å². The lowest BCUT2D eigenvalue weighted by atomic mass is 10.5. The summed E-state index contributed by atoms with van der Waals surface area (Å²) in [6.07, 6.45) is 4.34. The van der Waals surface area contributed by atoms with E-state index in [-0.39, 0.29) is 29.8 Å². The van der Waals surface area contributed by atoms with Gasteiger partial charge in [0.2, 0.25) is 0 Å². The van der Waals surface area contributed by atoms with Crippen LogP contribution in [0.25, 0.3) is 0 Å². The van der Waals surface area contributed by atoms with Gasteiger partial charge in [-0.25, -0.2) is 17.6 Å². The number of nitrogens with zero attached hydrogens (tertiary/aromatic N) is 4. The number of aryl methyl sites for hydroxylation is 1. The molecule has 22 heavy (non-hydrogen) atoms. The van der Waals surface area contributed by atoms with E-state index in [9.17, 15) is 21.6 Å². The van der Waals surface area contributed by atoms with Gasteiger partial charge in [0.1, 0.15) is 18.9 Å². The Hall–Kier alpha value is -1.33. The van der Waals surface area contributed by atoms with Crippen molar-refractivity contribution in [2.24, 2.45) is 5.16 Å². The van der Waals surface area contributed by atoms with E-state index in [1.807, 2.05) is 6.92 Å².